The van der Waals surface area contributed by atoms with Crippen LogP contribution in [0.5, 0.6) is 17.2 Å². The number of methoxy groups -OCH3 is 2. The maximum atomic E-state index is 12.9. The van der Waals surface area contributed by atoms with Crippen molar-refractivity contribution in [3.63, 3.8) is 0 Å². The van der Waals surface area contributed by atoms with Crippen LogP contribution in [-0.2, 0) is 4.79 Å². The fraction of sp³-hybridized carbons (Fsp3) is 0.440. The molecule has 0 aliphatic carbocycles. The molecule has 2 amide bonds. The number of rotatable bonds is 8. The van der Waals surface area contributed by atoms with E-state index in [1.165, 1.54) is 0 Å². The number of amides is 2. The summed E-state index contributed by atoms with van der Waals surface area (Å²) in [6.07, 6.45) is 1.66. The second-order valence-corrected chi connectivity index (χ2v) is 8.65. The van der Waals surface area contributed by atoms with E-state index in [9.17, 15) is 9.59 Å². The normalized spacial score (nSPS) is 14.0. The van der Waals surface area contributed by atoms with Crippen molar-refractivity contribution in [3.05, 3.63) is 52.0 Å². The molecule has 0 bridgehead atoms. The van der Waals surface area contributed by atoms with E-state index in [0.29, 0.717) is 53.4 Å². The number of piperidine rings is 1. The first-order valence-corrected chi connectivity index (χ1v) is 11.4. The van der Waals surface area contributed by atoms with Gasteiger partial charge in [-0.25, -0.2) is 0 Å². The zero-order chi connectivity index (χ0) is 24.0. The predicted molar refractivity (Wildman–Crippen MR) is 128 cm³/mol. The Kier molecular flexibility index (Phi) is 8.44. The van der Waals surface area contributed by atoms with Gasteiger partial charge in [-0.15, -0.1) is 0 Å². The van der Waals surface area contributed by atoms with Crippen LogP contribution in [0.1, 0.15) is 34.3 Å². The summed E-state index contributed by atoms with van der Waals surface area (Å²) in [5, 5.41) is 3.65. The molecule has 2 aromatic carbocycles. The maximum absolute atomic E-state index is 12.9. The second kappa shape index (κ2) is 11.3. The molecule has 8 heteroatoms. The van der Waals surface area contributed by atoms with Gasteiger partial charge in [-0.3, -0.25) is 9.59 Å². The van der Waals surface area contributed by atoms with E-state index >= 15 is 0 Å². The van der Waals surface area contributed by atoms with Crippen LogP contribution in [-0.4, -0.2) is 57.2 Å². The SMILES string of the molecule is COc1ccc(C(=O)N2CCC(CNC(=O)COc3cc(C)c(Cl)c(C)c3)CC2)cc1OC. The number of nitrogens with zero attached hydrogens (tertiary/aromatic N) is 1. The quantitative estimate of drug-likeness (QED) is 0.625. The summed E-state index contributed by atoms with van der Waals surface area (Å²) >= 11 is 6.17. The van der Waals surface area contributed by atoms with Crippen molar-refractivity contribution in [2.45, 2.75) is 26.7 Å². The molecule has 1 heterocycles. The second-order valence-electron chi connectivity index (χ2n) is 8.27. The minimum absolute atomic E-state index is 0.0274. The van der Waals surface area contributed by atoms with Crippen LogP contribution >= 0.6 is 11.6 Å². The summed E-state index contributed by atoms with van der Waals surface area (Å²) in [5.74, 6) is 1.89. The van der Waals surface area contributed by atoms with Crippen LogP contribution in [0, 0.1) is 19.8 Å². The van der Waals surface area contributed by atoms with E-state index in [2.05, 4.69) is 5.32 Å². The standard InChI is InChI=1S/C25H31ClN2O5/c1-16-11-20(12-17(2)24(16)26)33-15-23(29)27-14-18-7-9-28(10-8-18)25(30)19-5-6-21(31-3)22(13-19)32-4/h5-6,11-13,18H,7-10,14-15H2,1-4H3,(H,27,29). The first-order valence-electron chi connectivity index (χ1n) is 11.0. The highest BCUT2D eigenvalue weighted by Gasteiger charge is 2.24. The van der Waals surface area contributed by atoms with E-state index in [0.717, 1.165) is 24.0 Å². The Morgan fingerprint density at radius 1 is 1.03 bits per heavy atom. The first kappa shape index (κ1) is 24.7. The van der Waals surface area contributed by atoms with Crippen molar-refractivity contribution in [3.8, 4) is 17.2 Å². The minimum Gasteiger partial charge on any atom is -0.493 e. The number of aryl methyl sites for hydroxylation is 2. The van der Waals surface area contributed by atoms with Crippen LogP contribution in [0.25, 0.3) is 0 Å². The molecule has 0 spiro atoms. The third-order valence-electron chi connectivity index (χ3n) is 5.90. The molecule has 2 aromatic rings. The number of nitrogens with one attached hydrogen (secondary N) is 1. The number of likely N-dealkylation sites (tertiary alicyclic amines) is 1. The Balaban J connectivity index is 1.43. The van der Waals surface area contributed by atoms with E-state index in [4.69, 9.17) is 25.8 Å². The Morgan fingerprint density at radius 2 is 1.67 bits per heavy atom. The molecule has 1 aliphatic rings. The van der Waals surface area contributed by atoms with Crippen molar-refractivity contribution in [1.29, 1.82) is 0 Å². The molecule has 7 nitrogen and oxygen atoms in total. The lowest BCUT2D eigenvalue weighted by atomic mass is 9.96. The number of benzene rings is 2. The lowest BCUT2D eigenvalue weighted by Crippen LogP contribution is -2.42. The van der Waals surface area contributed by atoms with Crippen LogP contribution in [0.15, 0.2) is 30.3 Å². The van der Waals surface area contributed by atoms with E-state index in [1.807, 2.05) is 30.9 Å². The van der Waals surface area contributed by atoms with Gasteiger partial charge in [0.05, 0.1) is 14.2 Å². The van der Waals surface area contributed by atoms with Gasteiger partial charge in [0.2, 0.25) is 0 Å². The van der Waals surface area contributed by atoms with Crippen molar-refractivity contribution in [1.82, 2.24) is 10.2 Å². The number of ether oxygens (including phenoxy) is 3. The Hall–Kier alpha value is -2.93. The first-order chi connectivity index (χ1) is 15.8. The van der Waals surface area contributed by atoms with Gasteiger partial charge in [-0.2, -0.15) is 0 Å². The molecule has 1 saturated heterocycles. The van der Waals surface area contributed by atoms with Crippen LogP contribution in [0.2, 0.25) is 5.02 Å². The fourth-order valence-corrected chi connectivity index (χ4v) is 4.05. The zero-order valence-corrected chi connectivity index (χ0v) is 20.3. The Bertz CT molecular complexity index is 979. The van der Waals surface area contributed by atoms with Crippen molar-refractivity contribution >= 4 is 23.4 Å². The summed E-state index contributed by atoms with van der Waals surface area (Å²) < 4.78 is 16.1. The molecule has 1 N–H and O–H groups in total. The molecule has 178 valence electrons. The third kappa shape index (κ3) is 6.32. The van der Waals surface area contributed by atoms with E-state index in [-0.39, 0.29) is 18.4 Å². The smallest absolute Gasteiger partial charge is 0.257 e. The Morgan fingerprint density at radius 3 is 2.27 bits per heavy atom. The number of hydrogen-bond donors (Lipinski definition) is 1. The van der Waals surface area contributed by atoms with E-state index in [1.54, 1.807) is 32.4 Å². The summed E-state index contributed by atoms with van der Waals surface area (Å²) in [4.78, 5) is 26.9. The monoisotopic (exact) mass is 474 g/mol. The van der Waals surface area contributed by atoms with E-state index < -0.39 is 0 Å². The van der Waals surface area contributed by atoms with Crippen LogP contribution < -0.4 is 19.5 Å². The van der Waals surface area contributed by atoms with Crippen molar-refractivity contribution in [2.24, 2.45) is 5.92 Å². The highest BCUT2D eigenvalue weighted by Crippen LogP contribution is 2.29. The lowest BCUT2D eigenvalue weighted by molar-refractivity contribution is -0.123. The maximum Gasteiger partial charge on any atom is 0.257 e. The summed E-state index contributed by atoms with van der Waals surface area (Å²) in [7, 11) is 3.11. The molecule has 0 saturated carbocycles. The summed E-state index contributed by atoms with van der Waals surface area (Å²) in [5.41, 5.74) is 2.41. The van der Waals surface area contributed by atoms with Crippen LogP contribution in [0.3, 0.4) is 0 Å². The van der Waals surface area contributed by atoms with Gasteiger partial charge in [0.15, 0.2) is 18.1 Å². The average molecular weight is 475 g/mol. The van der Waals surface area contributed by atoms with Gasteiger partial charge >= 0.3 is 0 Å². The topological polar surface area (TPSA) is 77.1 Å². The van der Waals surface area contributed by atoms with Crippen LogP contribution in [0.4, 0.5) is 0 Å². The van der Waals surface area contributed by atoms with Crippen molar-refractivity contribution in [2.75, 3.05) is 40.5 Å². The van der Waals surface area contributed by atoms with Gasteiger partial charge in [0, 0.05) is 30.2 Å². The number of hydrogen-bond acceptors (Lipinski definition) is 5. The molecule has 0 aromatic heterocycles. The fourth-order valence-electron chi connectivity index (χ4n) is 3.94. The molecule has 3 rings (SSSR count). The molecule has 1 aliphatic heterocycles. The largest absolute Gasteiger partial charge is 0.493 e. The number of halogens is 1. The van der Waals surface area contributed by atoms with Gasteiger partial charge in [0.25, 0.3) is 11.8 Å². The molecular weight excluding hydrogens is 444 g/mol. The van der Waals surface area contributed by atoms with Gasteiger partial charge in [-0.1, -0.05) is 11.6 Å². The van der Waals surface area contributed by atoms with Gasteiger partial charge in [0.1, 0.15) is 5.75 Å². The number of carbonyl (C=O) groups excluding carboxylic acids is 2. The van der Waals surface area contributed by atoms with Crippen molar-refractivity contribution < 1.29 is 23.8 Å². The molecule has 1 fully saturated rings. The van der Waals surface area contributed by atoms with Gasteiger partial charge in [-0.05, 0) is 74.1 Å². The summed E-state index contributed by atoms with van der Waals surface area (Å²) in [6.45, 7) is 5.63. The highest BCUT2D eigenvalue weighted by atomic mass is 35.5. The zero-order valence-electron chi connectivity index (χ0n) is 19.6. The molecule has 0 atom stereocenters. The summed E-state index contributed by atoms with van der Waals surface area (Å²) in [6, 6.07) is 8.85. The molecule has 0 unspecified atom stereocenters. The average Bonchev–Trinajstić information content (AvgIpc) is 2.84. The predicted octanol–water partition coefficient (Wildman–Crippen LogP) is 4.02. The molecule has 33 heavy (non-hydrogen) atoms. The Labute approximate surface area is 200 Å². The molecule has 0 radical (unpaired) electrons. The van der Waals surface area contributed by atoms with Gasteiger partial charge < -0.3 is 24.4 Å². The number of carbonyl (C=O) groups is 2. The molecular formula is C25H31ClN2O5. The minimum atomic E-state index is -0.163. The third-order valence-corrected chi connectivity index (χ3v) is 6.50. The highest BCUT2D eigenvalue weighted by molar-refractivity contribution is 6.32. The lowest BCUT2D eigenvalue weighted by Gasteiger charge is -2.32.